The average molecular weight is 467 g/mol. The highest BCUT2D eigenvalue weighted by Crippen LogP contribution is 2.44. The molecule has 0 bridgehead atoms. The van der Waals surface area contributed by atoms with Crippen molar-refractivity contribution in [2.45, 2.75) is 31.7 Å². The number of aliphatic carboxylic acids is 1. The number of rotatable bonds is 8. The van der Waals surface area contributed by atoms with Crippen LogP contribution in [0.25, 0.3) is 11.1 Å². The third-order valence-electron chi connectivity index (χ3n) is 6.88. The molecule has 2 N–H and O–H groups in total. The van der Waals surface area contributed by atoms with Crippen LogP contribution >= 0.6 is 0 Å². The standard InChI is InChI=1S/C26H30N2O6/c1-3-22(23(29)28-13-12-26(15-28,16-33-2)24(30)31)27-25(32)34-14-21-19-10-6-4-8-17(19)18-9-5-7-11-20(18)21/h4-11,21-22H,3,12-16H2,1-2H3,(H,27,32)(H,30,31)/t22-,26?/m1/s1. The second-order valence-electron chi connectivity index (χ2n) is 8.96. The second-order valence-corrected chi connectivity index (χ2v) is 8.96. The van der Waals surface area contributed by atoms with Crippen molar-refractivity contribution in [1.29, 1.82) is 0 Å². The first-order valence-electron chi connectivity index (χ1n) is 11.5. The maximum atomic E-state index is 13.0. The topological polar surface area (TPSA) is 105 Å². The quantitative estimate of drug-likeness (QED) is 0.619. The largest absolute Gasteiger partial charge is 0.481 e. The Kier molecular flexibility index (Phi) is 6.88. The number of carboxylic acid groups (broad SMARTS) is 1. The van der Waals surface area contributed by atoms with E-state index in [1.54, 1.807) is 6.92 Å². The number of likely N-dealkylation sites (tertiary alicyclic amines) is 1. The van der Waals surface area contributed by atoms with Crippen LogP contribution < -0.4 is 5.32 Å². The summed E-state index contributed by atoms with van der Waals surface area (Å²) in [6.07, 6.45) is 0.00957. The molecule has 34 heavy (non-hydrogen) atoms. The van der Waals surface area contributed by atoms with Gasteiger partial charge in [-0.25, -0.2) is 4.79 Å². The van der Waals surface area contributed by atoms with E-state index in [0.717, 1.165) is 22.3 Å². The van der Waals surface area contributed by atoms with Crippen LogP contribution in [0, 0.1) is 5.41 Å². The minimum atomic E-state index is -1.12. The Labute approximate surface area is 198 Å². The molecule has 2 aromatic carbocycles. The Bertz CT molecular complexity index is 1040. The van der Waals surface area contributed by atoms with E-state index in [1.165, 1.54) is 12.0 Å². The van der Waals surface area contributed by atoms with Gasteiger partial charge < -0.3 is 24.8 Å². The molecule has 0 radical (unpaired) electrons. The molecule has 8 heteroatoms. The van der Waals surface area contributed by atoms with Gasteiger partial charge in [-0.1, -0.05) is 55.5 Å². The molecular weight excluding hydrogens is 436 g/mol. The van der Waals surface area contributed by atoms with Crippen LogP contribution in [0.5, 0.6) is 0 Å². The van der Waals surface area contributed by atoms with Crippen molar-refractivity contribution in [3.05, 3.63) is 59.7 Å². The minimum absolute atomic E-state index is 0.0305. The molecule has 2 amide bonds. The number of carboxylic acids is 1. The van der Waals surface area contributed by atoms with Gasteiger partial charge in [0, 0.05) is 26.1 Å². The SMILES string of the molecule is CC[C@@H](NC(=O)OCC1c2ccccc2-c2ccccc21)C(=O)N1CCC(COC)(C(=O)O)C1. The van der Waals surface area contributed by atoms with E-state index >= 15 is 0 Å². The molecule has 1 aliphatic carbocycles. The van der Waals surface area contributed by atoms with Crippen LogP contribution in [0.4, 0.5) is 4.79 Å². The number of carbonyl (C=O) groups excluding carboxylic acids is 2. The summed E-state index contributed by atoms with van der Waals surface area (Å²) in [6.45, 7) is 2.34. The van der Waals surface area contributed by atoms with E-state index in [2.05, 4.69) is 17.4 Å². The molecule has 1 heterocycles. The first kappa shape index (κ1) is 23.8. The summed E-state index contributed by atoms with van der Waals surface area (Å²) in [6, 6.07) is 15.4. The summed E-state index contributed by atoms with van der Waals surface area (Å²) in [7, 11) is 1.45. The Morgan fingerprint density at radius 1 is 1.12 bits per heavy atom. The van der Waals surface area contributed by atoms with Crippen molar-refractivity contribution >= 4 is 18.0 Å². The predicted molar refractivity (Wildman–Crippen MR) is 125 cm³/mol. The predicted octanol–water partition coefficient (Wildman–Crippen LogP) is 3.25. The molecule has 8 nitrogen and oxygen atoms in total. The van der Waals surface area contributed by atoms with E-state index < -0.39 is 23.5 Å². The molecule has 1 aliphatic heterocycles. The van der Waals surface area contributed by atoms with E-state index in [-0.39, 0.29) is 31.6 Å². The monoisotopic (exact) mass is 466 g/mol. The normalized spacial score (nSPS) is 19.9. The zero-order valence-electron chi connectivity index (χ0n) is 19.5. The zero-order valence-corrected chi connectivity index (χ0v) is 19.5. The van der Waals surface area contributed by atoms with E-state index in [9.17, 15) is 19.5 Å². The number of methoxy groups -OCH3 is 1. The Hall–Kier alpha value is -3.39. The van der Waals surface area contributed by atoms with Crippen molar-refractivity contribution in [3.8, 4) is 11.1 Å². The highest BCUT2D eigenvalue weighted by molar-refractivity contribution is 5.87. The van der Waals surface area contributed by atoms with Crippen LogP contribution in [0.3, 0.4) is 0 Å². The number of hydrogen-bond donors (Lipinski definition) is 2. The van der Waals surface area contributed by atoms with Gasteiger partial charge in [0.2, 0.25) is 5.91 Å². The lowest BCUT2D eigenvalue weighted by Crippen LogP contribution is -2.49. The number of carbonyl (C=O) groups is 3. The Balaban J connectivity index is 1.38. The first-order valence-corrected chi connectivity index (χ1v) is 11.5. The smallest absolute Gasteiger partial charge is 0.407 e. The van der Waals surface area contributed by atoms with Crippen LogP contribution in [0.2, 0.25) is 0 Å². The molecule has 1 fully saturated rings. The number of amides is 2. The summed E-state index contributed by atoms with van der Waals surface area (Å²) >= 11 is 0. The van der Waals surface area contributed by atoms with Gasteiger partial charge in [0.05, 0.1) is 6.61 Å². The molecule has 180 valence electrons. The van der Waals surface area contributed by atoms with Gasteiger partial charge in [-0.3, -0.25) is 9.59 Å². The van der Waals surface area contributed by atoms with Gasteiger partial charge in [0.25, 0.3) is 0 Å². The van der Waals surface area contributed by atoms with Crippen LogP contribution in [0.1, 0.15) is 36.8 Å². The Morgan fingerprint density at radius 3 is 2.29 bits per heavy atom. The first-order chi connectivity index (χ1) is 16.4. The fourth-order valence-electron chi connectivity index (χ4n) is 5.03. The number of nitrogens with one attached hydrogen (secondary N) is 1. The maximum Gasteiger partial charge on any atom is 0.407 e. The minimum Gasteiger partial charge on any atom is -0.481 e. The fourth-order valence-corrected chi connectivity index (χ4v) is 5.03. The molecule has 0 spiro atoms. The van der Waals surface area contributed by atoms with Crippen LogP contribution in [0.15, 0.2) is 48.5 Å². The second kappa shape index (κ2) is 9.85. The van der Waals surface area contributed by atoms with Gasteiger partial charge in [-0.05, 0) is 35.1 Å². The summed E-state index contributed by atoms with van der Waals surface area (Å²) in [5.74, 6) is -1.37. The van der Waals surface area contributed by atoms with Crippen molar-refractivity contribution in [3.63, 3.8) is 0 Å². The lowest BCUT2D eigenvalue weighted by Gasteiger charge is -2.26. The summed E-state index contributed by atoms with van der Waals surface area (Å²) in [5.41, 5.74) is 3.38. The highest BCUT2D eigenvalue weighted by Gasteiger charge is 2.47. The molecule has 1 unspecified atom stereocenters. The van der Waals surface area contributed by atoms with Gasteiger partial charge in [-0.2, -0.15) is 0 Å². The van der Waals surface area contributed by atoms with Crippen molar-refractivity contribution in [1.82, 2.24) is 10.2 Å². The molecular formula is C26H30N2O6. The molecule has 0 saturated carbocycles. The summed E-state index contributed by atoms with van der Waals surface area (Å²) < 4.78 is 10.7. The zero-order chi connectivity index (χ0) is 24.3. The van der Waals surface area contributed by atoms with Crippen molar-refractivity contribution < 1.29 is 29.0 Å². The fraction of sp³-hybridized carbons (Fsp3) is 0.423. The van der Waals surface area contributed by atoms with Crippen molar-refractivity contribution in [2.75, 3.05) is 33.4 Å². The Morgan fingerprint density at radius 2 is 1.74 bits per heavy atom. The summed E-state index contributed by atoms with van der Waals surface area (Å²) in [4.78, 5) is 38.9. The van der Waals surface area contributed by atoms with Crippen LogP contribution in [-0.4, -0.2) is 67.4 Å². The molecule has 2 aliphatic rings. The molecule has 2 atom stereocenters. The van der Waals surface area contributed by atoms with Crippen molar-refractivity contribution in [2.24, 2.45) is 5.41 Å². The number of fused-ring (bicyclic) bond motifs is 3. The maximum absolute atomic E-state index is 13.0. The number of alkyl carbamates (subject to hydrolysis) is 1. The number of benzene rings is 2. The van der Waals surface area contributed by atoms with Gasteiger partial charge in [-0.15, -0.1) is 0 Å². The summed E-state index contributed by atoms with van der Waals surface area (Å²) in [5, 5.41) is 12.3. The third kappa shape index (κ3) is 4.37. The third-order valence-corrected chi connectivity index (χ3v) is 6.88. The molecule has 2 aromatic rings. The van der Waals surface area contributed by atoms with Gasteiger partial charge in [0.1, 0.15) is 18.1 Å². The number of ether oxygens (including phenoxy) is 2. The number of hydrogen-bond acceptors (Lipinski definition) is 5. The molecule has 4 rings (SSSR count). The highest BCUT2D eigenvalue weighted by atomic mass is 16.5. The molecule has 1 saturated heterocycles. The average Bonchev–Trinajstić information content (AvgIpc) is 3.42. The van der Waals surface area contributed by atoms with E-state index in [1.807, 2.05) is 36.4 Å². The van der Waals surface area contributed by atoms with E-state index in [4.69, 9.17) is 9.47 Å². The molecule has 0 aromatic heterocycles. The lowest BCUT2D eigenvalue weighted by molar-refractivity contribution is -0.151. The number of nitrogens with zero attached hydrogens (tertiary/aromatic N) is 1. The van der Waals surface area contributed by atoms with Crippen LogP contribution in [-0.2, 0) is 19.1 Å². The van der Waals surface area contributed by atoms with Gasteiger partial charge >= 0.3 is 12.1 Å². The van der Waals surface area contributed by atoms with E-state index in [0.29, 0.717) is 19.4 Å². The van der Waals surface area contributed by atoms with Gasteiger partial charge in [0.15, 0.2) is 0 Å². The lowest BCUT2D eigenvalue weighted by atomic mass is 9.88.